The number of carbonyl (C=O) groups excluding carboxylic acids is 1. The fraction of sp³-hybridized carbons (Fsp3) is 0.650. The molecule has 1 unspecified atom stereocenters. The van der Waals surface area contributed by atoms with Crippen molar-refractivity contribution in [2.24, 2.45) is 0 Å². The maximum atomic E-state index is 11.6. The van der Waals surface area contributed by atoms with Crippen molar-refractivity contribution in [3.63, 3.8) is 0 Å². The Kier molecular flexibility index (Phi) is 3.92. The minimum absolute atomic E-state index is 0.0882. The van der Waals surface area contributed by atoms with E-state index >= 15 is 0 Å². The molecule has 0 radical (unpaired) electrons. The maximum absolute atomic E-state index is 11.6. The highest BCUT2D eigenvalue weighted by atomic mass is 16.1. The first kappa shape index (κ1) is 15.2. The van der Waals surface area contributed by atoms with Crippen LogP contribution in [-0.2, 0) is 10.2 Å². The monoisotopic (exact) mass is 312 g/mol. The molecule has 1 N–H and O–H groups in total. The number of rotatable bonds is 2. The second kappa shape index (κ2) is 5.94. The van der Waals surface area contributed by atoms with Crippen molar-refractivity contribution < 1.29 is 4.79 Å². The number of hydrogen-bond donors (Lipinski definition) is 1. The molecule has 0 aromatic heterocycles. The van der Waals surface area contributed by atoms with E-state index in [1.807, 2.05) is 0 Å². The Labute approximate surface area is 139 Å². The maximum Gasteiger partial charge on any atom is 0.217 e. The zero-order chi connectivity index (χ0) is 15.9. The predicted octanol–water partition coefficient (Wildman–Crippen LogP) is 3.54. The summed E-state index contributed by atoms with van der Waals surface area (Å²) in [4.78, 5) is 14.3. The van der Waals surface area contributed by atoms with Gasteiger partial charge >= 0.3 is 0 Å². The highest BCUT2D eigenvalue weighted by Gasteiger charge is 2.46. The summed E-state index contributed by atoms with van der Waals surface area (Å²) in [6.45, 7) is 4.09. The van der Waals surface area contributed by atoms with Crippen molar-refractivity contribution in [3.8, 4) is 0 Å². The van der Waals surface area contributed by atoms with E-state index in [1.165, 1.54) is 62.7 Å². The van der Waals surface area contributed by atoms with Crippen LogP contribution >= 0.6 is 0 Å². The SMILES string of the molecule is CC(=O)NC1CC2(CCN(C3CCCC3)CC2)c2ccccc21. The molecule has 1 aliphatic heterocycles. The molecular weight excluding hydrogens is 284 g/mol. The summed E-state index contributed by atoms with van der Waals surface area (Å²) >= 11 is 0. The summed E-state index contributed by atoms with van der Waals surface area (Å²) in [6.07, 6.45) is 9.22. The Morgan fingerprint density at radius 3 is 2.57 bits per heavy atom. The second-order valence-electron chi connectivity index (χ2n) is 7.80. The number of fused-ring (bicyclic) bond motifs is 2. The molecular formula is C20H28N2O. The molecule has 1 heterocycles. The van der Waals surface area contributed by atoms with E-state index in [0.717, 1.165) is 12.5 Å². The zero-order valence-electron chi connectivity index (χ0n) is 14.2. The van der Waals surface area contributed by atoms with Gasteiger partial charge in [-0.15, -0.1) is 0 Å². The molecule has 1 aromatic carbocycles. The van der Waals surface area contributed by atoms with Crippen molar-refractivity contribution in [2.75, 3.05) is 13.1 Å². The molecule has 0 bridgehead atoms. The number of nitrogens with zero attached hydrogens (tertiary/aromatic N) is 1. The van der Waals surface area contributed by atoms with Gasteiger partial charge in [0.15, 0.2) is 0 Å². The third kappa shape index (κ3) is 2.69. The van der Waals surface area contributed by atoms with Gasteiger partial charge in [-0.3, -0.25) is 4.79 Å². The van der Waals surface area contributed by atoms with Crippen LogP contribution in [0.3, 0.4) is 0 Å². The average Bonchev–Trinajstić information content (AvgIpc) is 3.17. The molecule has 2 aliphatic carbocycles. The lowest BCUT2D eigenvalue weighted by Gasteiger charge is -2.42. The number of hydrogen-bond acceptors (Lipinski definition) is 2. The fourth-order valence-corrected chi connectivity index (χ4v) is 5.33. The molecule has 23 heavy (non-hydrogen) atoms. The van der Waals surface area contributed by atoms with Crippen LogP contribution in [0.2, 0.25) is 0 Å². The Morgan fingerprint density at radius 1 is 1.17 bits per heavy atom. The highest BCUT2D eigenvalue weighted by Crippen LogP contribution is 2.51. The van der Waals surface area contributed by atoms with Crippen LogP contribution < -0.4 is 5.32 Å². The summed E-state index contributed by atoms with van der Waals surface area (Å²) < 4.78 is 0. The lowest BCUT2D eigenvalue weighted by Crippen LogP contribution is -2.45. The minimum atomic E-state index is 0.0882. The first-order valence-electron chi connectivity index (χ1n) is 9.28. The summed E-state index contributed by atoms with van der Waals surface area (Å²) in [5.41, 5.74) is 3.15. The van der Waals surface area contributed by atoms with E-state index < -0.39 is 0 Å². The summed E-state index contributed by atoms with van der Waals surface area (Å²) in [7, 11) is 0. The number of piperidine rings is 1. The van der Waals surface area contributed by atoms with Gasteiger partial charge in [0.25, 0.3) is 0 Å². The lowest BCUT2D eigenvalue weighted by atomic mass is 9.73. The molecule has 1 saturated carbocycles. The van der Waals surface area contributed by atoms with Crippen LogP contribution in [0.25, 0.3) is 0 Å². The van der Waals surface area contributed by atoms with Crippen molar-refractivity contribution in [2.45, 2.75) is 69.4 Å². The van der Waals surface area contributed by atoms with E-state index in [1.54, 1.807) is 6.92 Å². The minimum Gasteiger partial charge on any atom is -0.349 e. The molecule has 3 heteroatoms. The van der Waals surface area contributed by atoms with Crippen LogP contribution in [0.15, 0.2) is 24.3 Å². The van der Waals surface area contributed by atoms with Crippen LogP contribution in [0, 0.1) is 0 Å². The van der Waals surface area contributed by atoms with Crippen molar-refractivity contribution in [1.82, 2.24) is 10.2 Å². The van der Waals surface area contributed by atoms with Gasteiger partial charge in [0.2, 0.25) is 5.91 Å². The molecule has 3 nitrogen and oxygen atoms in total. The Morgan fingerprint density at radius 2 is 1.87 bits per heavy atom. The van der Waals surface area contributed by atoms with Gasteiger partial charge < -0.3 is 10.2 Å². The van der Waals surface area contributed by atoms with Gasteiger partial charge in [-0.1, -0.05) is 37.1 Å². The first-order valence-corrected chi connectivity index (χ1v) is 9.28. The third-order valence-corrected chi connectivity index (χ3v) is 6.48. The van der Waals surface area contributed by atoms with Gasteiger partial charge in [0.1, 0.15) is 0 Å². The fourth-order valence-electron chi connectivity index (χ4n) is 5.33. The molecule has 124 valence electrons. The predicted molar refractivity (Wildman–Crippen MR) is 92.4 cm³/mol. The molecule has 4 rings (SSSR count). The number of amides is 1. The van der Waals surface area contributed by atoms with E-state index in [9.17, 15) is 4.79 Å². The smallest absolute Gasteiger partial charge is 0.217 e. The second-order valence-corrected chi connectivity index (χ2v) is 7.80. The third-order valence-electron chi connectivity index (χ3n) is 6.48. The van der Waals surface area contributed by atoms with E-state index in [2.05, 4.69) is 34.5 Å². The molecule has 1 saturated heterocycles. The zero-order valence-corrected chi connectivity index (χ0v) is 14.2. The lowest BCUT2D eigenvalue weighted by molar-refractivity contribution is -0.119. The van der Waals surface area contributed by atoms with E-state index in [0.29, 0.717) is 5.41 Å². The molecule has 1 spiro atoms. The molecule has 1 amide bonds. The van der Waals surface area contributed by atoms with Crippen LogP contribution in [-0.4, -0.2) is 29.9 Å². The molecule has 3 aliphatic rings. The summed E-state index contributed by atoms with van der Waals surface area (Å²) in [5, 5.41) is 3.18. The van der Waals surface area contributed by atoms with Gasteiger partial charge in [0.05, 0.1) is 6.04 Å². The first-order chi connectivity index (χ1) is 11.2. The highest BCUT2D eigenvalue weighted by molar-refractivity contribution is 5.73. The van der Waals surface area contributed by atoms with Crippen molar-refractivity contribution in [1.29, 1.82) is 0 Å². The normalized spacial score (nSPS) is 27.3. The largest absolute Gasteiger partial charge is 0.349 e. The van der Waals surface area contributed by atoms with Crippen molar-refractivity contribution in [3.05, 3.63) is 35.4 Å². The Bertz CT molecular complexity index is 583. The number of likely N-dealkylation sites (tertiary alicyclic amines) is 1. The van der Waals surface area contributed by atoms with Gasteiger partial charge in [0, 0.05) is 18.4 Å². The standard InChI is InChI=1S/C20H28N2O/c1-15(23)21-19-14-20(18-9-5-4-8-17(18)19)10-12-22(13-11-20)16-6-2-3-7-16/h4-5,8-9,16,19H,2-3,6-7,10-14H2,1H3,(H,21,23). The molecule has 2 fully saturated rings. The topological polar surface area (TPSA) is 32.3 Å². The van der Waals surface area contributed by atoms with Gasteiger partial charge in [-0.25, -0.2) is 0 Å². The van der Waals surface area contributed by atoms with Gasteiger partial charge in [-0.2, -0.15) is 0 Å². The number of benzene rings is 1. The van der Waals surface area contributed by atoms with Crippen LogP contribution in [0.4, 0.5) is 0 Å². The van der Waals surface area contributed by atoms with Crippen LogP contribution in [0.1, 0.15) is 69.0 Å². The van der Waals surface area contributed by atoms with Crippen molar-refractivity contribution >= 4 is 5.91 Å². The van der Waals surface area contributed by atoms with E-state index in [4.69, 9.17) is 0 Å². The van der Waals surface area contributed by atoms with E-state index in [-0.39, 0.29) is 11.9 Å². The number of carbonyl (C=O) groups is 1. The molecule has 1 aromatic rings. The number of nitrogens with one attached hydrogen (secondary N) is 1. The Balaban J connectivity index is 1.54. The quantitative estimate of drug-likeness (QED) is 0.906. The average molecular weight is 312 g/mol. The summed E-state index contributed by atoms with van der Waals surface area (Å²) in [5.74, 6) is 0.0882. The Hall–Kier alpha value is -1.35. The van der Waals surface area contributed by atoms with Crippen LogP contribution in [0.5, 0.6) is 0 Å². The van der Waals surface area contributed by atoms with Gasteiger partial charge in [-0.05, 0) is 56.3 Å². The summed E-state index contributed by atoms with van der Waals surface area (Å²) in [6, 6.07) is 9.86. The molecule has 1 atom stereocenters.